The molecule has 2 atom stereocenters. The van der Waals surface area contributed by atoms with E-state index < -0.39 is 5.41 Å². The Kier molecular flexibility index (Phi) is 3.10. The van der Waals surface area contributed by atoms with Crippen LogP contribution in [0.2, 0.25) is 0 Å². The fraction of sp³-hybridized carbons (Fsp3) is 0.267. The third-order valence-corrected chi connectivity index (χ3v) is 3.43. The van der Waals surface area contributed by atoms with Crippen LogP contribution in [0.4, 0.5) is 4.39 Å². The molecule has 1 nitrogen and oxygen atoms in total. The number of benzene rings is 1. The molecule has 0 fully saturated rings. The monoisotopic (exact) mass is 227 g/mol. The summed E-state index contributed by atoms with van der Waals surface area (Å²) in [6, 6.07) is 8.95. The Hall–Kier alpha value is -1.88. The number of hydrogen-bond acceptors (Lipinski definition) is 1. The summed E-state index contributed by atoms with van der Waals surface area (Å²) in [5.41, 5.74) is 0.219. The third kappa shape index (κ3) is 2.01. The molecule has 0 aromatic heterocycles. The highest BCUT2D eigenvalue weighted by Gasteiger charge is 2.35. The van der Waals surface area contributed by atoms with Crippen LogP contribution in [0.3, 0.4) is 0 Å². The Morgan fingerprint density at radius 1 is 1.35 bits per heavy atom. The van der Waals surface area contributed by atoms with E-state index in [0.29, 0.717) is 12.0 Å². The predicted octanol–water partition coefficient (Wildman–Crippen LogP) is 3.74. The van der Waals surface area contributed by atoms with Crippen molar-refractivity contribution in [1.82, 2.24) is 0 Å². The maximum Gasteiger partial charge on any atom is 0.127 e. The minimum atomic E-state index is -0.435. The van der Waals surface area contributed by atoms with Gasteiger partial charge in [0.1, 0.15) is 5.82 Å². The number of allylic oxidation sites excluding steroid dienone is 4. The molecule has 17 heavy (non-hydrogen) atoms. The van der Waals surface area contributed by atoms with Gasteiger partial charge in [0.05, 0.1) is 6.07 Å². The van der Waals surface area contributed by atoms with E-state index in [2.05, 4.69) is 6.07 Å². The number of hydrogen-bond donors (Lipinski definition) is 0. The second-order valence-corrected chi connectivity index (χ2v) is 4.48. The van der Waals surface area contributed by atoms with E-state index in [1.165, 1.54) is 6.07 Å². The normalized spacial score (nSPS) is 26.8. The van der Waals surface area contributed by atoms with Gasteiger partial charge in [0.25, 0.3) is 0 Å². The van der Waals surface area contributed by atoms with Crippen molar-refractivity contribution < 1.29 is 4.39 Å². The summed E-state index contributed by atoms with van der Waals surface area (Å²) in [6.07, 6.45) is 8.19. The lowest BCUT2D eigenvalue weighted by atomic mass is 9.68. The van der Waals surface area contributed by atoms with Crippen molar-refractivity contribution in [3.05, 3.63) is 60.0 Å². The molecule has 0 saturated heterocycles. The fourth-order valence-corrected chi connectivity index (χ4v) is 2.34. The van der Waals surface area contributed by atoms with Gasteiger partial charge in [-0.05, 0) is 11.6 Å². The molecule has 1 aliphatic rings. The van der Waals surface area contributed by atoms with Crippen LogP contribution in [0.25, 0.3) is 0 Å². The third-order valence-electron chi connectivity index (χ3n) is 3.43. The highest BCUT2D eigenvalue weighted by Crippen LogP contribution is 2.39. The average Bonchev–Trinajstić information content (AvgIpc) is 2.33. The Morgan fingerprint density at radius 2 is 2.12 bits per heavy atom. The van der Waals surface area contributed by atoms with Crippen LogP contribution < -0.4 is 0 Å². The van der Waals surface area contributed by atoms with E-state index in [9.17, 15) is 4.39 Å². The topological polar surface area (TPSA) is 23.8 Å². The molecule has 0 amide bonds. The van der Waals surface area contributed by atoms with Crippen LogP contribution in [0.1, 0.15) is 18.9 Å². The molecule has 0 spiro atoms. The highest BCUT2D eigenvalue weighted by atomic mass is 19.1. The molecule has 0 aliphatic heterocycles. The van der Waals surface area contributed by atoms with E-state index in [-0.39, 0.29) is 11.7 Å². The van der Waals surface area contributed by atoms with Crippen LogP contribution >= 0.6 is 0 Å². The van der Waals surface area contributed by atoms with Gasteiger partial charge < -0.3 is 0 Å². The molecule has 2 rings (SSSR count). The maximum atomic E-state index is 13.9. The Morgan fingerprint density at radius 3 is 2.82 bits per heavy atom. The second-order valence-electron chi connectivity index (χ2n) is 4.48. The molecule has 86 valence electrons. The van der Waals surface area contributed by atoms with E-state index in [1.807, 2.05) is 37.3 Å². The summed E-state index contributed by atoms with van der Waals surface area (Å²) in [4.78, 5) is 0. The van der Waals surface area contributed by atoms with Crippen molar-refractivity contribution in [3.63, 3.8) is 0 Å². The van der Waals surface area contributed by atoms with Gasteiger partial charge in [-0.25, -0.2) is 4.39 Å². The summed E-state index contributed by atoms with van der Waals surface area (Å²) in [6.45, 7) is 1.98. The summed E-state index contributed by atoms with van der Waals surface area (Å²) in [5.74, 6) is -0.188. The minimum absolute atomic E-state index is 0.0226. The van der Waals surface area contributed by atoms with Gasteiger partial charge >= 0.3 is 0 Å². The van der Waals surface area contributed by atoms with Crippen LogP contribution in [-0.4, -0.2) is 0 Å². The van der Waals surface area contributed by atoms with Crippen LogP contribution in [0, 0.1) is 23.1 Å². The Labute approximate surface area is 101 Å². The van der Waals surface area contributed by atoms with E-state index in [0.717, 1.165) is 0 Å². The average molecular weight is 227 g/mol. The first-order valence-corrected chi connectivity index (χ1v) is 5.66. The van der Waals surface area contributed by atoms with Crippen molar-refractivity contribution >= 4 is 0 Å². The predicted molar refractivity (Wildman–Crippen MR) is 65.8 cm³/mol. The maximum absolute atomic E-state index is 13.9. The molecule has 0 bridgehead atoms. The lowest BCUT2D eigenvalue weighted by Gasteiger charge is -2.34. The summed E-state index contributed by atoms with van der Waals surface area (Å²) >= 11 is 0. The first-order chi connectivity index (χ1) is 8.18. The molecular weight excluding hydrogens is 213 g/mol. The first kappa shape index (κ1) is 11.6. The molecule has 2 heteroatoms. The van der Waals surface area contributed by atoms with Gasteiger partial charge in [-0.3, -0.25) is 0 Å². The summed E-state index contributed by atoms with van der Waals surface area (Å²) in [7, 11) is 0. The molecule has 0 saturated carbocycles. The van der Waals surface area contributed by atoms with Crippen molar-refractivity contribution in [2.45, 2.75) is 18.8 Å². The van der Waals surface area contributed by atoms with Crippen molar-refractivity contribution in [3.8, 4) is 6.07 Å². The van der Waals surface area contributed by atoms with E-state index >= 15 is 0 Å². The standard InChI is InChI=1S/C15H14FN/c1-15(13-7-2-3-8-14(13)16)10-5-4-6-12(15)9-11-17/h2-8,10,12H,9H2,1H3. The van der Waals surface area contributed by atoms with Crippen LogP contribution in [0.15, 0.2) is 48.6 Å². The highest BCUT2D eigenvalue weighted by molar-refractivity contribution is 5.38. The summed E-state index contributed by atoms with van der Waals surface area (Å²) < 4.78 is 13.9. The molecule has 1 aromatic carbocycles. The summed E-state index contributed by atoms with van der Waals surface area (Å²) in [5, 5.41) is 8.87. The lowest BCUT2D eigenvalue weighted by Crippen LogP contribution is -2.31. The van der Waals surface area contributed by atoms with Crippen LogP contribution in [0.5, 0.6) is 0 Å². The Bertz CT molecular complexity index is 510. The van der Waals surface area contributed by atoms with Gasteiger partial charge in [0, 0.05) is 17.8 Å². The SMILES string of the molecule is CC1(c2ccccc2F)C=CC=CC1CC#N. The fourth-order valence-electron chi connectivity index (χ4n) is 2.34. The number of nitriles is 1. The molecule has 1 aromatic rings. The van der Waals surface area contributed by atoms with Gasteiger partial charge in [-0.1, -0.05) is 49.4 Å². The molecule has 2 unspecified atom stereocenters. The number of halogens is 1. The van der Waals surface area contributed by atoms with E-state index in [4.69, 9.17) is 5.26 Å². The molecule has 0 N–H and O–H groups in total. The zero-order chi connectivity index (χ0) is 12.3. The number of nitrogens with zero attached hydrogens (tertiary/aromatic N) is 1. The minimum Gasteiger partial charge on any atom is -0.207 e. The van der Waals surface area contributed by atoms with Gasteiger partial charge in [0.2, 0.25) is 0 Å². The molecule has 1 aliphatic carbocycles. The van der Waals surface area contributed by atoms with Gasteiger partial charge in [-0.15, -0.1) is 0 Å². The van der Waals surface area contributed by atoms with Crippen LogP contribution in [-0.2, 0) is 5.41 Å². The van der Waals surface area contributed by atoms with E-state index in [1.54, 1.807) is 12.1 Å². The molecule has 0 radical (unpaired) electrons. The molecule has 0 heterocycles. The van der Waals surface area contributed by atoms with Crippen molar-refractivity contribution in [2.24, 2.45) is 5.92 Å². The molecular formula is C15H14FN. The largest absolute Gasteiger partial charge is 0.207 e. The Balaban J connectivity index is 2.47. The smallest absolute Gasteiger partial charge is 0.127 e. The zero-order valence-corrected chi connectivity index (χ0v) is 9.73. The number of rotatable bonds is 2. The second kappa shape index (κ2) is 4.55. The van der Waals surface area contributed by atoms with Gasteiger partial charge in [-0.2, -0.15) is 5.26 Å². The lowest BCUT2D eigenvalue weighted by molar-refractivity contribution is 0.412. The van der Waals surface area contributed by atoms with Crippen molar-refractivity contribution in [2.75, 3.05) is 0 Å². The van der Waals surface area contributed by atoms with Crippen molar-refractivity contribution in [1.29, 1.82) is 5.26 Å². The first-order valence-electron chi connectivity index (χ1n) is 5.66. The zero-order valence-electron chi connectivity index (χ0n) is 9.73. The quantitative estimate of drug-likeness (QED) is 0.755. The van der Waals surface area contributed by atoms with Gasteiger partial charge in [0.15, 0.2) is 0 Å².